The zero-order valence-corrected chi connectivity index (χ0v) is 9.02. The second-order valence-corrected chi connectivity index (χ2v) is 3.49. The van der Waals surface area contributed by atoms with Crippen molar-refractivity contribution < 1.29 is 4.79 Å². The summed E-state index contributed by atoms with van der Waals surface area (Å²) in [5.74, 6) is 0.206. The van der Waals surface area contributed by atoms with Gasteiger partial charge in [-0.2, -0.15) is 0 Å². The first-order valence-electron chi connectivity index (χ1n) is 4.10. The third-order valence-corrected chi connectivity index (χ3v) is 2.74. The Bertz CT molecular complexity index is 123. The summed E-state index contributed by atoms with van der Waals surface area (Å²) in [7, 11) is 0. The lowest BCUT2D eigenvalue weighted by atomic mass is 10.3. The molecule has 2 nitrogen and oxygen atoms in total. The van der Waals surface area contributed by atoms with Gasteiger partial charge in [-0.05, 0) is 20.3 Å². The van der Waals surface area contributed by atoms with Crippen molar-refractivity contribution >= 4 is 21.8 Å². The molecule has 0 spiro atoms. The number of amides is 1. The van der Waals surface area contributed by atoms with Gasteiger partial charge in [0, 0.05) is 13.1 Å². The molecule has 0 saturated carbocycles. The molecular weight excluding hydrogens is 206 g/mol. The summed E-state index contributed by atoms with van der Waals surface area (Å²) in [5.41, 5.74) is 0. The Kier molecular flexibility index (Phi) is 5.56. The van der Waals surface area contributed by atoms with E-state index in [0.29, 0.717) is 0 Å². The number of carbonyl (C=O) groups is 1. The van der Waals surface area contributed by atoms with Crippen LogP contribution in [0.15, 0.2) is 0 Å². The van der Waals surface area contributed by atoms with Crippen molar-refractivity contribution in [2.45, 2.75) is 32.0 Å². The van der Waals surface area contributed by atoms with Gasteiger partial charge in [0.15, 0.2) is 0 Å². The molecule has 0 aliphatic carbocycles. The Hall–Kier alpha value is -0.0500. The van der Waals surface area contributed by atoms with Crippen molar-refractivity contribution in [3.8, 4) is 0 Å². The van der Waals surface area contributed by atoms with E-state index >= 15 is 0 Å². The van der Waals surface area contributed by atoms with E-state index in [2.05, 4.69) is 15.9 Å². The van der Waals surface area contributed by atoms with Crippen molar-refractivity contribution in [3.63, 3.8) is 0 Å². The van der Waals surface area contributed by atoms with Crippen LogP contribution >= 0.6 is 15.9 Å². The fourth-order valence-electron chi connectivity index (χ4n) is 0.908. The van der Waals surface area contributed by atoms with Crippen LogP contribution in [0, 0.1) is 0 Å². The van der Waals surface area contributed by atoms with E-state index in [1.807, 2.05) is 25.7 Å². The smallest absolute Gasteiger partial charge is 0.236 e. The molecular formula is C8H16BrNO. The highest BCUT2D eigenvalue weighted by Gasteiger charge is 2.16. The summed E-state index contributed by atoms with van der Waals surface area (Å²) >= 11 is 3.33. The van der Waals surface area contributed by atoms with E-state index in [1.54, 1.807) is 0 Å². The molecule has 0 aromatic heterocycles. The zero-order valence-electron chi connectivity index (χ0n) is 7.43. The maximum absolute atomic E-state index is 11.4. The highest BCUT2D eigenvalue weighted by Crippen LogP contribution is 2.08. The highest BCUT2D eigenvalue weighted by atomic mass is 79.9. The molecule has 66 valence electrons. The number of carbonyl (C=O) groups excluding carboxylic acids is 1. The minimum absolute atomic E-state index is 0.00222. The van der Waals surface area contributed by atoms with Crippen molar-refractivity contribution in [2.75, 3.05) is 13.1 Å². The Balaban J connectivity index is 3.97. The van der Waals surface area contributed by atoms with E-state index in [4.69, 9.17) is 0 Å². The van der Waals surface area contributed by atoms with Gasteiger partial charge in [-0.15, -0.1) is 0 Å². The molecule has 11 heavy (non-hydrogen) atoms. The Morgan fingerprint density at radius 1 is 1.36 bits per heavy atom. The number of halogens is 1. The second kappa shape index (κ2) is 5.58. The third-order valence-electron chi connectivity index (χ3n) is 1.70. The molecule has 0 aromatic rings. The van der Waals surface area contributed by atoms with Gasteiger partial charge in [0.25, 0.3) is 0 Å². The summed E-state index contributed by atoms with van der Waals surface area (Å²) in [6, 6.07) is 0. The van der Waals surface area contributed by atoms with E-state index in [-0.39, 0.29) is 10.7 Å². The minimum Gasteiger partial charge on any atom is -0.342 e. The van der Waals surface area contributed by atoms with Crippen LogP contribution in [-0.2, 0) is 4.79 Å². The Morgan fingerprint density at radius 3 is 2.09 bits per heavy atom. The quantitative estimate of drug-likeness (QED) is 0.666. The van der Waals surface area contributed by atoms with E-state index < -0.39 is 0 Å². The summed E-state index contributed by atoms with van der Waals surface area (Å²) in [6.45, 7) is 7.60. The number of hydrogen-bond acceptors (Lipinski definition) is 1. The van der Waals surface area contributed by atoms with Gasteiger partial charge in [0.2, 0.25) is 5.91 Å². The summed E-state index contributed by atoms with van der Waals surface area (Å²) in [5, 5.41) is 0. The largest absolute Gasteiger partial charge is 0.342 e. The Labute approximate surface area is 77.1 Å². The molecule has 0 rings (SSSR count). The average Bonchev–Trinajstić information content (AvgIpc) is 2.05. The molecule has 0 aromatic carbocycles. The van der Waals surface area contributed by atoms with Gasteiger partial charge in [-0.3, -0.25) is 4.79 Å². The molecule has 0 unspecified atom stereocenters. The highest BCUT2D eigenvalue weighted by molar-refractivity contribution is 9.10. The van der Waals surface area contributed by atoms with Gasteiger partial charge in [0.1, 0.15) is 0 Å². The first-order valence-corrected chi connectivity index (χ1v) is 5.01. The van der Waals surface area contributed by atoms with Crippen molar-refractivity contribution in [2.24, 2.45) is 0 Å². The van der Waals surface area contributed by atoms with Gasteiger partial charge >= 0.3 is 0 Å². The van der Waals surface area contributed by atoms with Crippen LogP contribution in [0.2, 0.25) is 0 Å². The number of alkyl halides is 1. The van der Waals surface area contributed by atoms with Crippen LogP contribution in [0.4, 0.5) is 0 Å². The summed E-state index contributed by atoms with van der Waals surface area (Å²) < 4.78 is 0. The predicted molar refractivity (Wildman–Crippen MR) is 50.9 cm³/mol. The topological polar surface area (TPSA) is 20.3 Å². The standard InChI is InChI=1S/C8H16BrNO/c1-4-7(9)8(11)10(5-2)6-3/h7H,4-6H2,1-3H3/t7-/m1/s1. The third kappa shape index (κ3) is 3.23. The first kappa shape index (κ1) is 11.0. The van der Waals surface area contributed by atoms with Crippen LogP contribution in [0.3, 0.4) is 0 Å². The normalized spacial score (nSPS) is 12.7. The lowest BCUT2D eigenvalue weighted by Crippen LogP contribution is -2.35. The molecule has 0 aliphatic heterocycles. The molecule has 0 fully saturated rings. The molecule has 0 aliphatic rings. The van der Waals surface area contributed by atoms with E-state index in [1.165, 1.54) is 0 Å². The van der Waals surface area contributed by atoms with Crippen LogP contribution < -0.4 is 0 Å². The van der Waals surface area contributed by atoms with Crippen LogP contribution in [-0.4, -0.2) is 28.7 Å². The van der Waals surface area contributed by atoms with Crippen LogP contribution in [0.25, 0.3) is 0 Å². The lowest BCUT2D eigenvalue weighted by molar-refractivity contribution is -0.130. The van der Waals surface area contributed by atoms with Gasteiger partial charge < -0.3 is 4.90 Å². The van der Waals surface area contributed by atoms with Crippen molar-refractivity contribution in [3.05, 3.63) is 0 Å². The van der Waals surface area contributed by atoms with Gasteiger partial charge in [-0.1, -0.05) is 22.9 Å². The molecule has 1 atom stereocenters. The fourth-order valence-corrected chi connectivity index (χ4v) is 1.20. The van der Waals surface area contributed by atoms with Crippen molar-refractivity contribution in [1.29, 1.82) is 0 Å². The van der Waals surface area contributed by atoms with E-state index in [9.17, 15) is 4.79 Å². The Morgan fingerprint density at radius 2 is 1.82 bits per heavy atom. The van der Waals surface area contributed by atoms with Gasteiger partial charge in [-0.25, -0.2) is 0 Å². The maximum Gasteiger partial charge on any atom is 0.236 e. The molecule has 0 N–H and O–H groups in total. The molecule has 0 saturated heterocycles. The number of rotatable bonds is 4. The zero-order chi connectivity index (χ0) is 8.85. The number of hydrogen-bond donors (Lipinski definition) is 0. The maximum atomic E-state index is 11.4. The monoisotopic (exact) mass is 221 g/mol. The molecule has 0 radical (unpaired) electrons. The minimum atomic E-state index is 0.00222. The molecule has 0 bridgehead atoms. The van der Waals surface area contributed by atoms with Crippen molar-refractivity contribution in [1.82, 2.24) is 4.90 Å². The summed E-state index contributed by atoms with van der Waals surface area (Å²) in [6.07, 6.45) is 0.856. The molecule has 1 amide bonds. The van der Waals surface area contributed by atoms with Crippen LogP contribution in [0.1, 0.15) is 27.2 Å². The first-order chi connectivity index (χ1) is 5.17. The fraction of sp³-hybridized carbons (Fsp3) is 0.875. The summed E-state index contributed by atoms with van der Waals surface area (Å²) in [4.78, 5) is 13.3. The second-order valence-electron chi connectivity index (χ2n) is 2.39. The van der Waals surface area contributed by atoms with Gasteiger partial charge in [0.05, 0.1) is 4.83 Å². The molecule has 3 heteroatoms. The van der Waals surface area contributed by atoms with E-state index in [0.717, 1.165) is 19.5 Å². The lowest BCUT2D eigenvalue weighted by Gasteiger charge is -2.20. The van der Waals surface area contributed by atoms with Crippen LogP contribution in [0.5, 0.6) is 0 Å². The average molecular weight is 222 g/mol. The predicted octanol–water partition coefficient (Wildman–Crippen LogP) is 2.03. The number of nitrogens with zero attached hydrogens (tertiary/aromatic N) is 1. The molecule has 0 heterocycles. The SMILES string of the molecule is CC[C@@H](Br)C(=O)N(CC)CC.